The van der Waals surface area contributed by atoms with Crippen molar-refractivity contribution >= 4 is 33.9 Å². The highest BCUT2D eigenvalue weighted by Gasteiger charge is 2.30. The summed E-state index contributed by atoms with van der Waals surface area (Å²) in [6.07, 6.45) is -2.91. The standard InChI is InChI=1S/C17H12ClF3N2/c1-10-13(18)3-2-4-14(10)23-15-7-8-22-16-9-11(17(19,20)21)5-6-12(15)16/h2-9H,1H3,(H,22,23). The van der Waals surface area contributed by atoms with E-state index in [2.05, 4.69) is 10.3 Å². The van der Waals surface area contributed by atoms with E-state index in [9.17, 15) is 13.2 Å². The van der Waals surface area contributed by atoms with Gasteiger partial charge in [-0.1, -0.05) is 23.7 Å². The van der Waals surface area contributed by atoms with Crippen molar-refractivity contribution in [1.82, 2.24) is 4.98 Å². The van der Waals surface area contributed by atoms with Crippen molar-refractivity contribution in [1.29, 1.82) is 0 Å². The van der Waals surface area contributed by atoms with Gasteiger partial charge in [0.05, 0.1) is 11.1 Å². The molecule has 6 heteroatoms. The van der Waals surface area contributed by atoms with Gasteiger partial charge in [-0.25, -0.2) is 0 Å². The Morgan fingerprint density at radius 2 is 1.83 bits per heavy atom. The largest absolute Gasteiger partial charge is 0.416 e. The van der Waals surface area contributed by atoms with Crippen LogP contribution in [0.3, 0.4) is 0 Å². The highest BCUT2D eigenvalue weighted by Crippen LogP contribution is 2.34. The van der Waals surface area contributed by atoms with Crippen LogP contribution in [-0.2, 0) is 6.18 Å². The van der Waals surface area contributed by atoms with Crippen molar-refractivity contribution in [3.8, 4) is 0 Å². The van der Waals surface area contributed by atoms with Crippen LogP contribution in [0.1, 0.15) is 11.1 Å². The molecule has 0 saturated carbocycles. The predicted octanol–water partition coefficient (Wildman–Crippen LogP) is 5.96. The minimum Gasteiger partial charge on any atom is -0.355 e. The van der Waals surface area contributed by atoms with E-state index in [1.54, 1.807) is 12.1 Å². The molecule has 118 valence electrons. The van der Waals surface area contributed by atoms with Crippen molar-refractivity contribution in [2.75, 3.05) is 5.32 Å². The molecule has 0 atom stereocenters. The molecule has 1 aromatic heterocycles. The van der Waals surface area contributed by atoms with Crippen LogP contribution < -0.4 is 5.32 Å². The number of pyridine rings is 1. The van der Waals surface area contributed by atoms with Gasteiger partial charge in [0.1, 0.15) is 0 Å². The molecule has 0 saturated heterocycles. The number of anilines is 2. The molecule has 2 aromatic carbocycles. The summed E-state index contributed by atoms with van der Waals surface area (Å²) in [5, 5.41) is 4.44. The number of halogens is 4. The highest BCUT2D eigenvalue weighted by atomic mass is 35.5. The summed E-state index contributed by atoms with van der Waals surface area (Å²) in [5.74, 6) is 0. The van der Waals surface area contributed by atoms with Crippen molar-refractivity contribution in [3.05, 3.63) is 64.8 Å². The van der Waals surface area contributed by atoms with Gasteiger partial charge < -0.3 is 5.32 Å². The maximum atomic E-state index is 12.8. The number of alkyl halides is 3. The molecule has 0 fully saturated rings. The van der Waals surface area contributed by atoms with E-state index in [0.29, 0.717) is 16.1 Å². The molecule has 0 spiro atoms. The van der Waals surface area contributed by atoms with Crippen molar-refractivity contribution in [2.24, 2.45) is 0 Å². The molecule has 0 bridgehead atoms. The molecule has 3 aromatic rings. The highest BCUT2D eigenvalue weighted by molar-refractivity contribution is 6.31. The fourth-order valence-electron chi connectivity index (χ4n) is 2.32. The summed E-state index contributed by atoms with van der Waals surface area (Å²) in [5.41, 5.74) is 1.91. The van der Waals surface area contributed by atoms with Gasteiger partial charge in [0.25, 0.3) is 0 Å². The molecule has 0 unspecified atom stereocenters. The van der Waals surface area contributed by atoms with Gasteiger partial charge in [-0.15, -0.1) is 0 Å². The Morgan fingerprint density at radius 3 is 2.57 bits per heavy atom. The Balaban J connectivity index is 2.07. The van der Waals surface area contributed by atoms with Gasteiger partial charge in [-0.05, 0) is 42.8 Å². The number of hydrogen-bond donors (Lipinski definition) is 1. The first-order chi connectivity index (χ1) is 10.9. The summed E-state index contributed by atoms with van der Waals surface area (Å²) in [7, 11) is 0. The zero-order valence-corrected chi connectivity index (χ0v) is 12.8. The van der Waals surface area contributed by atoms with Crippen molar-refractivity contribution in [3.63, 3.8) is 0 Å². The Kier molecular flexibility index (Phi) is 3.90. The second-order valence-electron chi connectivity index (χ2n) is 5.13. The first-order valence-corrected chi connectivity index (χ1v) is 7.22. The summed E-state index contributed by atoms with van der Waals surface area (Å²) in [6, 6.07) is 10.7. The molecule has 1 N–H and O–H groups in total. The quantitative estimate of drug-likeness (QED) is 0.624. The van der Waals surface area contributed by atoms with Gasteiger partial charge in [0.15, 0.2) is 0 Å². The fourth-order valence-corrected chi connectivity index (χ4v) is 2.50. The van der Waals surface area contributed by atoms with E-state index in [-0.39, 0.29) is 5.52 Å². The average molecular weight is 337 g/mol. The van der Waals surface area contributed by atoms with Crippen molar-refractivity contribution < 1.29 is 13.2 Å². The Bertz CT molecular complexity index is 875. The zero-order chi connectivity index (χ0) is 16.6. The first-order valence-electron chi connectivity index (χ1n) is 6.84. The second-order valence-corrected chi connectivity index (χ2v) is 5.53. The Hall–Kier alpha value is -2.27. The van der Waals surface area contributed by atoms with Crippen LogP contribution in [-0.4, -0.2) is 4.98 Å². The monoisotopic (exact) mass is 336 g/mol. The number of nitrogens with zero attached hydrogens (tertiary/aromatic N) is 1. The third kappa shape index (κ3) is 3.10. The third-order valence-corrected chi connectivity index (χ3v) is 4.02. The molecule has 2 nitrogen and oxygen atoms in total. The van der Waals surface area contributed by atoms with Crippen LogP contribution >= 0.6 is 11.6 Å². The van der Waals surface area contributed by atoms with Gasteiger partial charge in [0, 0.05) is 28.0 Å². The lowest BCUT2D eigenvalue weighted by Gasteiger charge is -2.13. The van der Waals surface area contributed by atoms with Gasteiger partial charge >= 0.3 is 6.18 Å². The van der Waals surface area contributed by atoms with E-state index in [1.165, 1.54) is 12.3 Å². The maximum Gasteiger partial charge on any atom is 0.416 e. The molecule has 23 heavy (non-hydrogen) atoms. The van der Waals surface area contributed by atoms with E-state index < -0.39 is 11.7 Å². The predicted molar refractivity (Wildman–Crippen MR) is 86.2 cm³/mol. The first kappa shape index (κ1) is 15.6. The normalized spacial score (nSPS) is 11.7. The molecule has 0 aliphatic rings. The lowest BCUT2D eigenvalue weighted by Crippen LogP contribution is -2.05. The van der Waals surface area contributed by atoms with Crippen LogP contribution in [0, 0.1) is 6.92 Å². The van der Waals surface area contributed by atoms with Crippen LogP contribution in [0.25, 0.3) is 10.9 Å². The summed E-state index contributed by atoms with van der Waals surface area (Å²) in [4.78, 5) is 4.03. The number of rotatable bonds is 2. The van der Waals surface area contributed by atoms with E-state index >= 15 is 0 Å². The zero-order valence-electron chi connectivity index (χ0n) is 12.1. The number of nitrogens with one attached hydrogen (secondary N) is 1. The molecule has 0 aliphatic heterocycles. The molecule has 0 radical (unpaired) electrons. The lowest BCUT2D eigenvalue weighted by molar-refractivity contribution is -0.137. The molecule has 1 heterocycles. The van der Waals surface area contributed by atoms with Crippen LogP contribution in [0.5, 0.6) is 0 Å². The summed E-state index contributed by atoms with van der Waals surface area (Å²) >= 11 is 6.09. The van der Waals surface area contributed by atoms with E-state index in [1.807, 2.05) is 19.1 Å². The van der Waals surface area contributed by atoms with Gasteiger partial charge in [-0.3, -0.25) is 4.98 Å². The van der Waals surface area contributed by atoms with Crippen molar-refractivity contribution in [2.45, 2.75) is 13.1 Å². The molecule has 3 rings (SSSR count). The molecular formula is C17H12ClF3N2. The van der Waals surface area contributed by atoms with Crippen LogP contribution in [0.15, 0.2) is 48.7 Å². The fraction of sp³-hybridized carbons (Fsp3) is 0.118. The minimum absolute atomic E-state index is 0.282. The smallest absolute Gasteiger partial charge is 0.355 e. The number of fused-ring (bicyclic) bond motifs is 1. The van der Waals surface area contributed by atoms with Gasteiger partial charge in [-0.2, -0.15) is 13.2 Å². The minimum atomic E-state index is -4.39. The third-order valence-electron chi connectivity index (χ3n) is 3.61. The molecular weight excluding hydrogens is 325 g/mol. The summed E-state index contributed by atoms with van der Waals surface area (Å²) in [6.45, 7) is 1.87. The van der Waals surface area contributed by atoms with E-state index in [0.717, 1.165) is 23.4 Å². The summed E-state index contributed by atoms with van der Waals surface area (Å²) < 4.78 is 38.4. The van der Waals surface area contributed by atoms with E-state index in [4.69, 9.17) is 11.6 Å². The topological polar surface area (TPSA) is 24.9 Å². The number of benzene rings is 2. The van der Waals surface area contributed by atoms with Crippen LogP contribution in [0.2, 0.25) is 5.02 Å². The average Bonchev–Trinajstić information content (AvgIpc) is 2.51. The second kappa shape index (κ2) is 5.74. The SMILES string of the molecule is Cc1c(Cl)cccc1Nc1ccnc2cc(C(F)(F)F)ccc12. The van der Waals surface area contributed by atoms with Gasteiger partial charge in [0.2, 0.25) is 0 Å². The maximum absolute atomic E-state index is 12.8. The Labute approximate surface area is 135 Å². The lowest BCUT2D eigenvalue weighted by atomic mass is 10.1. The molecule has 0 amide bonds. The van der Waals surface area contributed by atoms with Crippen LogP contribution in [0.4, 0.5) is 24.5 Å². The molecule has 0 aliphatic carbocycles. The number of aromatic nitrogens is 1. The Morgan fingerprint density at radius 1 is 1.04 bits per heavy atom. The number of hydrogen-bond acceptors (Lipinski definition) is 2.